The number of hydrogen-bond donors (Lipinski definition) is 2. The molecule has 0 spiro atoms. The molecule has 0 heterocycles. The quantitative estimate of drug-likeness (QED) is 0.751. The van der Waals surface area contributed by atoms with Gasteiger partial charge in [-0.25, -0.2) is 0 Å². The van der Waals surface area contributed by atoms with Gasteiger partial charge in [0.25, 0.3) is 0 Å². The average molecular weight is 356 g/mol. The van der Waals surface area contributed by atoms with Crippen LogP contribution in [0.5, 0.6) is 5.75 Å². The van der Waals surface area contributed by atoms with Crippen molar-refractivity contribution < 1.29 is 9.90 Å². The highest BCUT2D eigenvalue weighted by atomic mass is 35.5. The molecule has 0 fully saturated rings. The maximum absolute atomic E-state index is 11.9. The smallest absolute Gasteiger partial charge is 0.234 e. The molecule has 2 aromatic rings. The Hall–Kier alpha value is -1.36. The second-order valence-electron chi connectivity index (χ2n) is 4.79. The van der Waals surface area contributed by atoms with Crippen molar-refractivity contribution >= 4 is 46.6 Å². The molecule has 0 aliphatic carbocycles. The predicted octanol–water partition coefficient (Wildman–Crippen LogP) is 4.88. The fourth-order valence-corrected chi connectivity index (χ4v) is 2.96. The van der Waals surface area contributed by atoms with Gasteiger partial charge in [0, 0.05) is 11.4 Å². The van der Waals surface area contributed by atoms with Crippen LogP contribution in [0.2, 0.25) is 10.0 Å². The lowest BCUT2D eigenvalue weighted by atomic mass is 10.2. The Balaban J connectivity index is 1.83. The maximum atomic E-state index is 11.9. The van der Waals surface area contributed by atoms with Gasteiger partial charge in [-0.1, -0.05) is 29.3 Å². The highest BCUT2D eigenvalue weighted by Gasteiger charge is 2.06. The second kappa shape index (κ2) is 7.77. The van der Waals surface area contributed by atoms with E-state index in [0.29, 0.717) is 27.2 Å². The number of anilines is 1. The van der Waals surface area contributed by atoms with E-state index in [4.69, 9.17) is 23.2 Å². The van der Waals surface area contributed by atoms with Gasteiger partial charge >= 0.3 is 0 Å². The Morgan fingerprint density at radius 3 is 2.64 bits per heavy atom. The van der Waals surface area contributed by atoms with Crippen LogP contribution in [0.25, 0.3) is 0 Å². The number of hydrogen-bond acceptors (Lipinski definition) is 3. The molecule has 6 heteroatoms. The first-order chi connectivity index (χ1) is 10.5. The van der Waals surface area contributed by atoms with Crippen LogP contribution in [-0.4, -0.2) is 16.8 Å². The zero-order chi connectivity index (χ0) is 16.1. The largest absolute Gasteiger partial charge is 0.508 e. The van der Waals surface area contributed by atoms with Crippen LogP contribution in [0.1, 0.15) is 11.1 Å². The third kappa shape index (κ3) is 4.83. The van der Waals surface area contributed by atoms with E-state index in [0.717, 1.165) is 11.1 Å². The Labute approximate surface area is 143 Å². The van der Waals surface area contributed by atoms with E-state index in [1.807, 2.05) is 13.0 Å². The monoisotopic (exact) mass is 355 g/mol. The number of halogens is 2. The number of rotatable bonds is 5. The minimum atomic E-state index is -0.0844. The third-order valence-electron chi connectivity index (χ3n) is 2.97. The van der Waals surface area contributed by atoms with Crippen LogP contribution >= 0.6 is 35.0 Å². The van der Waals surface area contributed by atoms with Gasteiger partial charge in [-0.2, -0.15) is 0 Å². The van der Waals surface area contributed by atoms with Crippen molar-refractivity contribution in [3.05, 3.63) is 57.6 Å². The molecule has 3 nitrogen and oxygen atoms in total. The lowest BCUT2D eigenvalue weighted by Crippen LogP contribution is -2.14. The van der Waals surface area contributed by atoms with Gasteiger partial charge in [0.05, 0.1) is 15.8 Å². The number of carbonyl (C=O) groups is 1. The van der Waals surface area contributed by atoms with Crippen LogP contribution < -0.4 is 5.32 Å². The Morgan fingerprint density at radius 1 is 1.18 bits per heavy atom. The Bertz CT molecular complexity index is 692. The summed E-state index contributed by atoms with van der Waals surface area (Å²) in [6.07, 6.45) is 0. The average Bonchev–Trinajstić information content (AvgIpc) is 2.46. The van der Waals surface area contributed by atoms with Gasteiger partial charge < -0.3 is 10.4 Å². The normalized spacial score (nSPS) is 10.5. The topological polar surface area (TPSA) is 49.3 Å². The summed E-state index contributed by atoms with van der Waals surface area (Å²) in [6, 6.07) is 10.3. The van der Waals surface area contributed by atoms with Gasteiger partial charge in [0.2, 0.25) is 5.91 Å². The van der Waals surface area contributed by atoms with Crippen LogP contribution in [0.4, 0.5) is 5.69 Å². The fourth-order valence-electron chi connectivity index (χ4n) is 1.87. The molecule has 0 unspecified atom stereocenters. The summed E-state index contributed by atoms with van der Waals surface area (Å²) in [5.41, 5.74) is 2.55. The summed E-state index contributed by atoms with van der Waals surface area (Å²) in [5, 5.41) is 13.2. The summed E-state index contributed by atoms with van der Waals surface area (Å²) in [5.74, 6) is 1.11. The molecule has 2 rings (SSSR count). The number of phenolic OH excluding ortho intramolecular Hbond substituents is 1. The predicted molar refractivity (Wildman–Crippen MR) is 94.1 cm³/mol. The van der Waals surface area contributed by atoms with Crippen LogP contribution in [-0.2, 0) is 10.5 Å². The van der Waals surface area contributed by atoms with E-state index in [1.54, 1.807) is 30.3 Å². The standard InChI is InChI=1S/C16H15Cl2NO2S/c1-10-6-12(20)3-5-15(10)19-16(21)9-22-8-11-2-4-13(17)14(18)7-11/h2-7,20H,8-9H2,1H3,(H,19,21). The molecule has 2 aromatic carbocycles. The van der Waals surface area contributed by atoms with Crippen LogP contribution in [0, 0.1) is 6.92 Å². The fraction of sp³-hybridized carbons (Fsp3) is 0.188. The van der Waals surface area contributed by atoms with E-state index >= 15 is 0 Å². The van der Waals surface area contributed by atoms with E-state index in [1.165, 1.54) is 11.8 Å². The number of thioether (sulfide) groups is 1. The Morgan fingerprint density at radius 2 is 1.95 bits per heavy atom. The molecule has 22 heavy (non-hydrogen) atoms. The van der Waals surface area contributed by atoms with Crippen LogP contribution in [0.15, 0.2) is 36.4 Å². The number of carbonyl (C=O) groups excluding carboxylic acids is 1. The summed E-state index contributed by atoms with van der Waals surface area (Å²) in [6.45, 7) is 1.83. The minimum absolute atomic E-state index is 0.0844. The highest BCUT2D eigenvalue weighted by molar-refractivity contribution is 7.99. The summed E-state index contributed by atoms with van der Waals surface area (Å²) in [7, 11) is 0. The molecular formula is C16H15Cl2NO2S. The van der Waals surface area contributed by atoms with Gasteiger partial charge in [0.1, 0.15) is 5.75 Å². The lowest BCUT2D eigenvalue weighted by Gasteiger charge is -2.09. The van der Waals surface area contributed by atoms with Crippen molar-refractivity contribution in [1.82, 2.24) is 0 Å². The molecule has 0 aliphatic heterocycles. The second-order valence-corrected chi connectivity index (χ2v) is 6.59. The van der Waals surface area contributed by atoms with Gasteiger partial charge in [-0.3, -0.25) is 4.79 Å². The van der Waals surface area contributed by atoms with Gasteiger partial charge in [-0.05, 0) is 48.4 Å². The first-order valence-electron chi connectivity index (χ1n) is 6.57. The van der Waals surface area contributed by atoms with E-state index in [9.17, 15) is 9.90 Å². The molecular weight excluding hydrogens is 341 g/mol. The van der Waals surface area contributed by atoms with Crippen molar-refractivity contribution in [3.8, 4) is 5.75 Å². The Kier molecular flexibility index (Phi) is 6.00. The first kappa shape index (κ1) is 17.0. The van der Waals surface area contributed by atoms with Crippen molar-refractivity contribution in [2.45, 2.75) is 12.7 Å². The van der Waals surface area contributed by atoms with Gasteiger partial charge in [-0.15, -0.1) is 11.8 Å². The molecule has 0 aromatic heterocycles. The molecule has 2 N–H and O–H groups in total. The van der Waals surface area contributed by atoms with E-state index < -0.39 is 0 Å². The number of nitrogens with one attached hydrogen (secondary N) is 1. The number of phenols is 1. The van der Waals surface area contributed by atoms with Crippen molar-refractivity contribution in [2.24, 2.45) is 0 Å². The van der Waals surface area contributed by atoms with Crippen molar-refractivity contribution in [2.75, 3.05) is 11.1 Å². The molecule has 0 bridgehead atoms. The molecule has 0 radical (unpaired) electrons. The third-order valence-corrected chi connectivity index (χ3v) is 4.71. The SMILES string of the molecule is Cc1cc(O)ccc1NC(=O)CSCc1ccc(Cl)c(Cl)c1. The van der Waals surface area contributed by atoms with Crippen molar-refractivity contribution in [1.29, 1.82) is 0 Å². The van der Waals surface area contributed by atoms with Gasteiger partial charge in [0.15, 0.2) is 0 Å². The zero-order valence-corrected chi connectivity index (χ0v) is 14.2. The number of benzene rings is 2. The molecule has 116 valence electrons. The zero-order valence-electron chi connectivity index (χ0n) is 11.9. The highest BCUT2D eigenvalue weighted by Crippen LogP contribution is 2.25. The van der Waals surface area contributed by atoms with E-state index in [-0.39, 0.29) is 11.7 Å². The summed E-state index contributed by atoms with van der Waals surface area (Å²) < 4.78 is 0. The number of amides is 1. The maximum Gasteiger partial charge on any atom is 0.234 e. The summed E-state index contributed by atoms with van der Waals surface area (Å²) >= 11 is 13.3. The first-order valence-corrected chi connectivity index (χ1v) is 8.48. The summed E-state index contributed by atoms with van der Waals surface area (Å²) in [4.78, 5) is 11.9. The minimum Gasteiger partial charge on any atom is -0.508 e. The van der Waals surface area contributed by atoms with Crippen molar-refractivity contribution in [3.63, 3.8) is 0 Å². The molecule has 0 atom stereocenters. The molecule has 0 aliphatic rings. The molecule has 0 saturated carbocycles. The van der Waals surface area contributed by atoms with Crippen LogP contribution in [0.3, 0.4) is 0 Å². The molecule has 1 amide bonds. The number of aromatic hydroxyl groups is 1. The lowest BCUT2D eigenvalue weighted by molar-refractivity contribution is -0.113. The van der Waals surface area contributed by atoms with E-state index in [2.05, 4.69) is 5.32 Å². The molecule has 0 saturated heterocycles. The number of aryl methyl sites for hydroxylation is 1.